The van der Waals surface area contributed by atoms with Crippen molar-refractivity contribution in [2.45, 2.75) is 32.6 Å². The molecule has 0 aliphatic heterocycles. The van der Waals surface area contributed by atoms with Gasteiger partial charge in [-0.15, -0.1) is 0 Å². The monoisotopic (exact) mass is 190 g/mol. The first kappa shape index (κ1) is 11.3. The quantitative estimate of drug-likeness (QED) is 0.383. The van der Waals surface area contributed by atoms with Crippen LogP contribution in [-0.2, 0) is 14.3 Å². The van der Waals surface area contributed by atoms with E-state index in [9.17, 15) is 8.42 Å². The molecule has 0 bridgehead atoms. The largest absolute Gasteiger partial charge is 0.328 e. The predicted octanol–water partition coefficient (Wildman–Crippen LogP) is 1.50. The lowest BCUT2D eigenvalue weighted by atomic mass is 10.2. The Hall–Kier alpha value is -0.690. The summed E-state index contributed by atoms with van der Waals surface area (Å²) in [5, 5.41) is 0. The number of rotatable bonds is 4. The molecule has 0 spiro atoms. The predicted molar refractivity (Wildman–Crippen MR) is 47.8 cm³/mol. The van der Waals surface area contributed by atoms with E-state index >= 15 is 0 Å². The molecule has 0 aliphatic carbocycles. The van der Waals surface area contributed by atoms with Crippen LogP contribution in [0.1, 0.15) is 32.6 Å². The fraction of sp³-hybridized carbons (Fsp3) is 0.750. The van der Waals surface area contributed by atoms with Crippen LogP contribution in [-0.4, -0.2) is 14.7 Å². The van der Waals surface area contributed by atoms with Gasteiger partial charge in [-0.3, -0.25) is 0 Å². The zero-order valence-electron chi connectivity index (χ0n) is 7.46. The Morgan fingerprint density at radius 1 is 1.33 bits per heavy atom. The topological polar surface area (TPSA) is 43.4 Å². The van der Waals surface area contributed by atoms with Gasteiger partial charge in [0.2, 0.25) is 0 Å². The van der Waals surface area contributed by atoms with E-state index in [0.29, 0.717) is 6.42 Å². The zero-order chi connectivity index (χ0) is 9.45. The maximum atomic E-state index is 10.4. The molecule has 0 fully saturated rings. The van der Waals surface area contributed by atoms with Gasteiger partial charge < -0.3 is 4.18 Å². The lowest BCUT2D eigenvalue weighted by Gasteiger charge is -1.89. The highest BCUT2D eigenvalue weighted by atomic mass is 32.2. The molecule has 0 unspecified atom stereocenters. The van der Waals surface area contributed by atoms with E-state index in [4.69, 9.17) is 0 Å². The van der Waals surface area contributed by atoms with Crippen molar-refractivity contribution < 1.29 is 12.6 Å². The van der Waals surface area contributed by atoms with Crippen LogP contribution in [0.4, 0.5) is 0 Å². The van der Waals surface area contributed by atoms with Crippen LogP contribution in [0.25, 0.3) is 0 Å². The molecule has 0 N–H and O–H groups in total. The van der Waals surface area contributed by atoms with E-state index in [1.807, 2.05) is 0 Å². The summed E-state index contributed by atoms with van der Waals surface area (Å²) in [6.07, 6.45) is 7.07. The fourth-order valence-corrected chi connectivity index (χ4v) is 0.830. The van der Waals surface area contributed by atoms with Crippen LogP contribution in [0.3, 0.4) is 0 Å². The summed E-state index contributed by atoms with van der Waals surface area (Å²) in [6.45, 7) is 2.10. The smallest absolute Gasteiger partial charge is 0.314 e. The minimum atomic E-state index is -3.39. The molecule has 4 heteroatoms. The summed E-state index contributed by atoms with van der Waals surface area (Å²) >= 11 is 0. The van der Waals surface area contributed by atoms with Gasteiger partial charge in [0.25, 0.3) is 0 Å². The standard InChI is InChI=1S/C8H14O3S/c1-3-4-5-6-7-8-11-12(2,9)10/h3-6H2,1-2H3. The fourth-order valence-electron chi connectivity index (χ4n) is 0.620. The lowest BCUT2D eigenvalue weighted by molar-refractivity contribution is 0.471. The first-order valence-corrected chi connectivity index (χ1v) is 5.74. The zero-order valence-corrected chi connectivity index (χ0v) is 8.28. The van der Waals surface area contributed by atoms with Crippen LogP contribution >= 0.6 is 0 Å². The summed E-state index contributed by atoms with van der Waals surface area (Å²) in [6, 6.07) is 0. The molecule has 70 valence electrons. The van der Waals surface area contributed by atoms with Crippen LogP contribution in [0, 0.1) is 12.0 Å². The Balaban J connectivity index is 3.49. The summed E-state index contributed by atoms with van der Waals surface area (Å²) in [5.41, 5.74) is 0. The van der Waals surface area contributed by atoms with Gasteiger partial charge >= 0.3 is 10.1 Å². The van der Waals surface area contributed by atoms with Gasteiger partial charge in [0, 0.05) is 6.42 Å². The molecule has 0 amide bonds. The van der Waals surface area contributed by atoms with Crippen LogP contribution in [0.5, 0.6) is 0 Å². The second kappa shape index (κ2) is 5.90. The molecule has 0 atom stereocenters. The third-order valence-corrected chi connectivity index (χ3v) is 1.56. The Labute approximate surface area is 74.2 Å². The van der Waals surface area contributed by atoms with Gasteiger partial charge in [-0.1, -0.05) is 25.7 Å². The Morgan fingerprint density at radius 3 is 2.50 bits per heavy atom. The van der Waals surface area contributed by atoms with E-state index in [2.05, 4.69) is 23.1 Å². The number of hydrogen-bond acceptors (Lipinski definition) is 3. The average molecular weight is 190 g/mol. The van der Waals surface area contributed by atoms with Crippen molar-refractivity contribution in [1.29, 1.82) is 0 Å². The van der Waals surface area contributed by atoms with Crippen LogP contribution < -0.4 is 0 Å². The van der Waals surface area contributed by atoms with Crippen molar-refractivity contribution >= 4 is 10.1 Å². The highest BCUT2D eigenvalue weighted by Crippen LogP contribution is 1.96. The van der Waals surface area contributed by atoms with Gasteiger partial charge in [0.05, 0.1) is 6.26 Å². The maximum Gasteiger partial charge on any atom is 0.314 e. The second-order valence-corrected chi connectivity index (χ2v) is 4.10. The first-order chi connectivity index (χ1) is 5.56. The Morgan fingerprint density at radius 2 is 2.00 bits per heavy atom. The molecule has 0 aromatic carbocycles. The van der Waals surface area contributed by atoms with E-state index in [1.165, 1.54) is 0 Å². The van der Waals surface area contributed by atoms with Gasteiger partial charge in [0.15, 0.2) is 0 Å². The third kappa shape index (κ3) is 9.31. The molecular weight excluding hydrogens is 176 g/mol. The van der Waals surface area contributed by atoms with Crippen molar-refractivity contribution in [2.24, 2.45) is 0 Å². The number of unbranched alkanes of at least 4 members (excludes halogenated alkanes) is 3. The molecule has 12 heavy (non-hydrogen) atoms. The van der Waals surface area contributed by atoms with Crippen molar-refractivity contribution in [3.63, 3.8) is 0 Å². The first-order valence-electron chi connectivity index (χ1n) is 3.92. The highest BCUT2D eigenvalue weighted by Gasteiger charge is 1.95. The Kier molecular flexibility index (Phi) is 5.56. The molecule has 0 rings (SSSR count). The van der Waals surface area contributed by atoms with Crippen LogP contribution in [0.2, 0.25) is 0 Å². The molecule has 0 saturated heterocycles. The van der Waals surface area contributed by atoms with Gasteiger partial charge in [0.1, 0.15) is 6.11 Å². The lowest BCUT2D eigenvalue weighted by Crippen LogP contribution is -1.96. The summed E-state index contributed by atoms with van der Waals surface area (Å²) in [5.74, 6) is 2.63. The molecule has 0 aromatic heterocycles. The van der Waals surface area contributed by atoms with Gasteiger partial charge in [-0.2, -0.15) is 8.42 Å². The summed E-state index contributed by atoms with van der Waals surface area (Å²) in [4.78, 5) is 0. The number of hydrogen-bond donors (Lipinski definition) is 0. The normalized spacial score (nSPS) is 10.2. The van der Waals surface area contributed by atoms with E-state index in [-0.39, 0.29) is 0 Å². The minimum Gasteiger partial charge on any atom is -0.328 e. The molecule has 0 aromatic rings. The van der Waals surface area contributed by atoms with E-state index < -0.39 is 10.1 Å². The van der Waals surface area contributed by atoms with Crippen molar-refractivity contribution in [2.75, 3.05) is 6.26 Å². The minimum absolute atomic E-state index is 0.698. The summed E-state index contributed by atoms with van der Waals surface area (Å²) < 4.78 is 25.0. The molecule has 0 radical (unpaired) electrons. The van der Waals surface area contributed by atoms with Crippen molar-refractivity contribution in [3.8, 4) is 12.0 Å². The molecule has 3 nitrogen and oxygen atoms in total. The van der Waals surface area contributed by atoms with Crippen molar-refractivity contribution in [3.05, 3.63) is 0 Å². The molecular formula is C8H14O3S. The van der Waals surface area contributed by atoms with E-state index in [0.717, 1.165) is 25.5 Å². The van der Waals surface area contributed by atoms with E-state index in [1.54, 1.807) is 0 Å². The van der Waals surface area contributed by atoms with Gasteiger partial charge in [-0.25, -0.2) is 0 Å². The second-order valence-electron chi connectivity index (χ2n) is 2.52. The van der Waals surface area contributed by atoms with Gasteiger partial charge in [-0.05, 0) is 6.42 Å². The average Bonchev–Trinajstić information content (AvgIpc) is 1.94. The molecule has 0 aliphatic rings. The highest BCUT2D eigenvalue weighted by molar-refractivity contribution is 7.86. The Bertz CT molecular complexity index is 256. The molecule has 0 saturated carbocycles. The SMILES string of the molecule is CCCCCC#COS(C)(=O)=O. The third-order valence-electron chi connectivity index (χ3n) is 1.17. The maximum absolute atomic E-state index is 10.4. The molecule has 0 heterocycles. The summed E-state index contributed by atoms with van der Waals surface area (Å²) in [7, 11) is -3.39. The van der Waals surface area contributed by atoms with Crippen molar-refractivity contribution in [1.82, 2.24) is 0 Å². The van der Waals surface area contributed by atoms with Crippen LogP contribution in [0.15, 0.2) is 0 Å².